The van der Waals surface area contributed by atoms with Crippen LogP contribution < -0.4 is 10.6 Å². The molecule has 2 atom stereocenters. The van der Waals surface area contributed by atoms with E-state index < -0.39 is 12.1 Å². The largest absolute Gasteiger partial charge is 0.365 e. The molecule has 1 aromatic heterocycles. The van der Waals surface area contributed by atoms with E-state index in [1.54, 1.807) is 18.1 Å². The van der Waals surface area contributed by atoms with Crippen LogP contribution in [0.15, 0.2) is 18.3 Å². The number of hydrogen-bond donors (Lipinski definition) is 3. The Morgan fingerprint density at radius 2 is 2.23 bits per heavy atom. The SMILES string of the molecule is CNC(=O)[C@@H]1CCCN1C(=O)[C@H](Cc1ccc[nH]1)NC(C)=O. The van der Waals surface area contributed by atoms with Gasteiger partial charge in [0.15, 0.2) is 0 Å². The van der Waals surface area contributed by atoms with Crippen LogP contribution in [0, 0.1) is 0 Å². The van der Waals surface area contributed by atoms with E-state index in [9.17, 15) is 14.4 Å². The van der Waals surface area contributed by atoms with Gasteiger partial charge in [0.05, 0.1) is 0 Å². The van der Waals surface area contributed by atoms with E-state index in [0.29, 0.717) is 19.4 Å². The fourth-order valence-corrected chi connectivity index (χ4v) is 2.83. The van der Waals surface area contributed by atoms with Gasteiger partial charge in [-0.3, -0.25) is 14.4 Å². The molecule has 2 rings (SSSR count). The molecular formula is C15H22N4O3. The summed E-state index contributed by atoms with van der Waals surface area (Å²) in [5.41, 5.74) is 0.864. The predicted molar refractivity (Wildman–Crippen MR) is 80.9 cm³/mol. The molecule has 0 radical (unpaired) electrons. The molecule has 1 aromatic rings. The molecule has 0 aliphatic carbocycles. The maximum absolute atomic E-state index is 12.8. The topological polar surface area (TPSA) is 94.3 Å². The summed E-state index contributed by atoms with van der Waals surface area (Å²) in [4.78, 5) is 40.7. The average molecular weight is 306 g/mol. The van der Waals surface area contributed by atoms with Crippen LogP contribution in [-0.4, -0.2) is 53.3 Å². The molecule has 22 heavy (non-hydrogen) atoms. The highest BCUT2D eigenvalue weighted by Crippen LogP contribution is 2.19. The second-order valence-corrected chi connectivity index (χ2v) is 5.46. The van der Waals surface area contributed by atoms with Crippen molar-refractivity contribution in [1.82, 2.24) is 20.5 Å². The molecule has 0 bridgehead atoms. The number of likely N-dealkylation sites (N-methyl/N-ethyl adjacent to an activating group) is 1. The Hall–Kier alpha value is -2.31. The van der Waals surface area contributed by atoms with Gasteiger partial charge in [-0.15, -0.1) is 0 Å². The van der Waals surface area contributed by atoms with E-state index in [-0.39, 0.29) is 17.7 Å². The minimum Gasteiger partial charge on any atom is -0.365 e. The highest BCUT2D eigenvalue weighted by Gasteiger charge is 2.37. The first-order chi connectivity index (χ1) is 10.5. The summed E-state index contributed by atoms with van der Waals surface area (Å²) >= 11 is 0. The first-order valence-electron chi connectivity index (χ1n) is 7.44. The van der Waals surface area contributed by atoms with Crippen molar-refractivity contribution in [2.24, 2.45) is 0 Å². The Kier molecular flexibility index (Phi) is 5.19. The number of rotatable bonds is 5. The monoisotopic (exact) mass is 306 g/mol. The zero-order valence-corrected chi connectivity index (χ0v) is 12.9. The summed E-state index contributed by atoms with van der Waals surface area (Å²) in [6, 6.07) is 2.59. The lowest BCUT2D eigenvalue weighted by Gasteiger charge is -2.28. The highest BCUT2D eigenvalue weighted by atomic mass is 16.2. The number of nitrogens with one attached hydrogen (secondary N) is 3. The van der Waals surface area contributed by atoms with Crippen LogP contribution in [-0.2, 0) is 20.8 Å². The second kappa shape index (κ2) is 7.11. The maximum Gasteiger partial charge on any atom is 0.246 e. The molecule has 2 heterocycles. The number of likely N-dealkylation sites (tertiary alicyclic amines) is 1. The normalized spacial score (nSPS) is 18.8. The van der Waals surface area contributed by atoms with E-state index in [1.165, 1.54) is 6.92 Å². The number of carbonyl (C=O) groups excluding carboxylic acids is 3. The van der Waals surface area contributed by atoms with Gasteiger partial charge < -0.3 is 20.5 Å². The van der Waals surface area contributed by atoms with Gasteiger partial charge in [-0.1, -0.05) is 0 Å². The summed E-state index contributed by atoms with van der Waals surface area (Å²) in [5, 5.41) is 5.28. The number of nitrogens with zero attached hydrogens (tertiary/aromatic N) is 1. The molecule has 7 nitrogen and oxygen atoms in total. The molecule has 3 amide bonds. The number of aromatic nitrogens is 1. The maximum atomic E-state index is 12.8. The zero-order chi connectivity index (χ0) is 16.1. The van der Waals surface area contributed by atoms with Crippen LogP contribution in [0.25, 0.3) is 0 Å². The van der Waals surface area contributed by atoms with E-state index in [1.807, 2.05) is 12.1 Å². The molecule has 0 saturated carbocycles. The van der Waals surface area contributed by atoms with Crippen molar-refractivity contribution in [2.45, 2.75) is 38.3 Å². The summed E-state index contributed by atoms with van der Waals surface area (Å²) in [7, 11) is 1.56. The van der Waals surface area contributed by atoms with Crippen LogP contribution >= 0.6 is 0 Å². The second-order valence-electron chi connectivity index (χ2n) is 5.46. The Labute approximate surface area is 129 Å². The van der Waals surface area contributed by atoms with Crippen molar-refractivity contribution in [1.29, 1.82) is 0 Å². The smallest absolute Gasteiger partial charge is 0.246 e. The zero-order valence-electron chi connectivity index (χ0n) is 12.9. The molecular weight excluding hydrogens is 284 g/mol. The minimum atomic E-state index is -0.665. The third-order valence-electron chi connectivity index (χ3n) is 3.85. The van der Waals surface area contributed by atoms with Crippen molar-refractivity contribution in [2.75, 3.05) is 13.6 Å². The third-order valence-corrected chi connectivity index (χ3v) is 3.85. The lowest BCUT2D eigenvalue weighted by molar-refractivity contribution is -0.141. The molecule has 1 saturated heterocycles. The summed E-state index contributed by atoms with van der Waals surface area (Å²) in [6.07, 6.45) is 3.59. The van der Waals surface area contributed by atoms with Gasteiger partial charge in [0, 0.05) is 38.8 Å². The first kappa shape index (κ1) is 16.1. The molecule has 3 N–H and O–H groups in total. The fraction of sp³-hybridized carbons (Fsp3) is 0.533. The molecule has 1 fully saturated rings. The summed E-state index contributed by atoms with van der Waals surface area (Å²) in [6.45, 7) is 1.92. The van der Waals surface area contributed by atoms with Crippen LogP contribution in [0.5, 0.6) is 0 Å². The van der Waals surface area contributed by atoms with Gasteiger partial charge in [-0.25, -0.2) is 0 Å². The van der Waals surface area contributed by atoms with Crippen molar-refractivity contribution in [3.05, 3.63) is 24.0 Å². The number of amides is 3. The van der Waals surface area contributed by atoms with E-state index in [4.69, 9.17) is 0 Å². The number of hydrogen-bond acceptors (Lipinski definition) is 3. The molecule has 0 unspecified atom stereocenters. The molecule has 7 heteroatoms. The first-order valence-corrected chi connectivity index (χ1v) is 7.44. The third kappa shape index (κ3) is 3.66. The highest BCUT2D eigenvalue weighted by molar-refractivity contribution is 5.92. The van der Waals surface area contributed by atoms with Crippen molar-refractivity contribution >= 4 is 17.7 Å². The fourth-order valence-electron chi connectivity index (χ4n) is 2.83. The van der Waals surface area contributed by atoms with Crippen LogP contribution in [0.2, 0.25) is 0 Å². The van der Waals surface area contributed by atoms with Gasteiger partial charge >= 0.3 is 0 Å². The molecule has 0 spiro atoms. The van der Waals surface area contributed by atoms with E-state index in [0.717, 1.165) is 12.1 Å². The lowest BCUT2D eigenvalue weighted by Crippen LogP contribution is -2.53. The van der Waals surface area contributed by atoms with Crippen molar-refractivity contribution in [3.8, 4) is 0 Å². The summed E-state index contributed by atoms with van der Waals surface area (Å²) < 4.78 is 0. The number of H-pyrrole nitrogens is 1. The Morgan fingerprint density at radius 1 is 1.45 bits per heavy atom. The van der Waals surface area contributed by atoms with Crippen LogP contribution in [0.3, 0.4) is 0 Å². The minimum absolute atomic E-state index is 0.160. The van der Waals surface area contributed by atoms with Gasteiger partial charge in [0.1, 0.15) is 12.1 Å². The molecule has 1 aliphatic rings. The number of aromatic amines is 1. The van der Waals surface area contributed by atoms with E-state index in [2.05, 4.69) is 15.6 Å². The van der Waals surface area contributed by atoms with Gasteiger partial charge in [-0.2, -0.15) is 0 Å². The molecule has 1 aliphatic heterocycles. The van der Waals surface area contributed by atoms with Crippen LogP contribution in [0.4, 0.5) is 0 Å². The van der Waals surface area contributed by atoms with Crippen molar-refractivity contribution < 1.29 is 14.4 Å². The van der Waals surface area contributed by atoms with E-state index >= 15 is 0 Å². The average Bonchev–Trinajstić information content (AvgIpc) is 3.15. The van der Waals surface area contributed by atoms with Crippen molar-refractivity contribution in [3.63, 3.8) is 0 Å². The van der Waals surface area contributed by atoms with Gasteiger partial charge in [0.2, 0.25) is 17.7 Å². The molecule has 120 valence electrons. The Balaban J connectivity index is 2.13. The number of carbonyl (C=O) groups is 3. The quantitative estimate of drug-likeness (QED) is 0.703. The lowest BCUT2D eigenvalue weighted by atomic mass is 10.1. The molecule has 0 aromatic carbocycles. The predicted octanol–water partition coefficient (Wildman–Crippen LogP) is -0.201. The van der Waals surface area contributed by atoms with Crippen LogP contribution in [0.1, 0.15) is 25.5 Å². The Bertz CT molecular complexity index is 541. The van der Waals surface area contributed by atoms with Gasteiger partial charge in [-0.05, 0) is 25.0 Å². The standard InChI is InChI=1S/C15H22N4O3/c1-10(20)18-12(9-11-5-3-7-17-11)15(22)19-8-4-6-13(19)14(21)16-2/h3,5,7,12-13,17H,4,6,8-9H2,1-2H3,(H,16,21)(H,18,20)/t12-,13-/m0/s1. The Morgan fingerprint density at radius 3 is 2.82 bits per heavy atom. The summed E-state index contributed by atoms with van der Waals surface area (Å²) in [5.74, 6) is -0.635. The van der Waals surface area contributed by atoms with Gasteiger partial charge in [0.25, 0.3) is 0 Å².